The van der Waals surface area contributed by atoms with Crippen molar-refractivity contribution in [3.63, 3.8) is 0 Å². The Morgan fingerprint density at radius 1 is 1.21 bits per heavy atom. The SMILES string of the molecule is CCOC(=O)C1=C(C)N=c2s/c(=C/c3cc(I)cc(I)c3OC(C)=O)c(=O)n2C1c1ccccc1OC(C)C. The minimum atomic E-state index is -0.804. The Kier molecular flexibility index (Phi) is 9.32. The summed E-state index contributed by atoms with van der Waals surface area (Å²) in [6.45, 7) is 8.82. The van der Waals surface area contributed by atoms with Gasteiger partial charge in [0, 0.05) is 21.6 Å². The molecule has 1 aliphatic heterocycles. The molecule has 0 bridgehead atoms. The number of fused-ring (bicyclic) bond motifs is 1. The Morgan fingerprint density at radius 2 is 1.92 bits per heavy atom. The van der Waals surface area contributed by atoms with Gasteiger partial charge < -0.3 is 14.2 Å². The fourth-order valence-corrected chi connectivity index (χ4v) is 7.27. The second-order valence-electron chi connectivity index (χ2n) is 8.91. The lowest BCUT2D eigenvalue weighted by Crippen LogP contribution is -2.40. The first-order valence-electron chi connectivity index (χ1n) is 12.1. The molecule has 11 heteroatoms. The molecule has 0 aliphatic carbocycles. The maximum absolute atomic E-state index is 14.0. The van der Waals surface area contributed by atoms with Crippen molar-refractivity contribution in [1.29, 1.82) is 0 Å². The average Bonchev–Trinajstić information content (AvgIpc) is 3.14. The summed E-state index contributed by atoms with van der Waals surface area (Å²) < 4.78 is 20.5. The number of hydrogen-bond acceptors (Lipinski definition) is 8. The number of aromatic nitrogens is 1. The first-order valence-corrected chi connectivity index (χ1v) is 15.1. The number of nitrogens with zero attached hydrogens (tertiary/aromatic N) is 2. The van der Waals surface area contributed by atoms with Crippen molar-refractivity contribution in [2.45, 2.75) is 46.8 Å². The highest BCUT2D eigenvalue weighted by molar-refractivity contribution is 14.1. The molecule has 2 heterocycles. The fourth-order valence-electron chi connectivity index (χ4n) is 4.23. The van der Waals surface area contributed by atoms with Gasteiger partial charge in [-0.2, -0.15) is 0 Å². The highest BCUT2D eigenvalue weighted by atomic mass is 127. The Balaban J connectivity index is 2.01. The van der Waals surface area contributed by atoms with E-state index in [0.29, 0.717) is 37.7 Å². The first kappa shape index (κ1) is 29.5. The van der Waals surface area contributed by atoms with E-state index in [1.165, 1.54) is 22.8 Å². The summed E-state index contributed by atoms with van der Waals surface area (Å²) in [6.07, 6.45) is 1.57. The third-order valence-corrected chi connectivity index (χ3v) is 8.07. The predicted octanol–water partition coefficient (Wildman–Crippen LogP) is 4.72. The highest BCUT2D eigenvalue weighted by Gasteiger charge is 2.35. The van der Waals surface area contributed by atoms with E-state index in [0.717, 1.165) is 7.14 Å². The van der Waals surface area contributed by atoms with Crippen LogP contribution in [0.5, 0.6) is 11.5 Å². The number of benzene rings is 2. The first-order chi connectivity index (χ1) is 18.5. The molecule has 3 aromatic rings. The van der Waals surface area contributed by atoms with Gasteiger partial charge in [0.05, 0.1) is 32.1 Å². The summed E-state index contributed by atoms with van der Waals surface area (Å²) in [5.41, 5.74) is 1.66. The van der Waals surface area contributed by atoms with E-state index in [2.05, 4.69) is 50.2 Å². The molecule has 0 fully saturated rings. The minimum absolute atomic E-state index is 0.124. The van der Waals surface area contributed by atoms with Crippen molar-refractivity contribution in [3.8, 4) is 11.5 Å². The number of esters is 2. The molecule has 0 N–H and O–H groups in total. The molecule has 0 radical (unpaired) electrons. The summed E-state index contributed by atoms with van der Waals surface area (Å²) in [4.78, 5) is 44.1. The number of ether oxygens (including phenoxy) is 3. The van der Waals surface area contributed by atoms with Crippen molar-refractivity contribution in [3.05, 3.63) is 85.6 Å². The van der Waals surface area contributed by atoms with E-state index in [9.17, 15) is 14.4 Å². The standard InChI is InChI=1S/C28H26I2N2O6S/c1-6-36-27(35)23-15(4)31-28-32(24(23)19-9-7-8-10-21(19)37-14(2)3)26(34)22(39-28)12-17-11-18(29)13-20(30)25(17)38-16(5)33/h7-14,24H,6H2,1-5H3/b22-12+. The Morgan fingerprint density at radius 3 is 2.59 bits per heavy atom. The number of para-hydroxylation sites is 1. The van der Waals surface area contributed by atoms with Crippen molar-refractivity contribution >= 4 is 74.5 Å². The van der Waals surface area contributed by atoms with Gasteiger partial charge in [-0.15, -0.1) is 0 Å². The molecule has 4 rings (SSSR count). The zero-order chi connectivity index (χ0) is 28.4. The van der Waals surface area contributed by atoms with Crippen molar-refractivity contribution in [2.75, 3.05) is 6.61 Å². The lowest BCUT2D eigenvalue weighted by Gasteiger charge is -2.26. The minimum Gasteiger partial charge on any atom is -0.491 e. The normalized spacial score (nSPS) is 15.2. The number of hydrogen-bond donors (Lipinski definition) is 0. The predicted molar refractivity (Wildman–Crippen MR) is 166 cm³/mol. The van der Waals surface area contributed by atoms with E-state index < -0.39 is 18.0 Å². The second kappa shape index (κ2) is 12.3. The van der Waals surface area contributed by atoms with Gasteiger partial charge in [-0.3, -0.25) is 14.2 Å². The summed E-state index contributed by atoms with van der Waals surface area (Å²) in [5.74, 6) is -0.0544. The van der Waals surface area contributed by atoms with Gasteiger partial charge in [0.1, 0.15) is 11.8 Å². The second-order valence-corrected chi connectivity index (χ2v) is 12.3. The van der Waals surface area contributed by atoms with Crippen LogP contribution in [0.4, 0.5) is 0 Å². The van der Waals surface area contributed by atoms with Crippen LogP contribution in [-0.2, 0) is 14.3 Å². The van der Waals surface area contributed by atoms with Gasteiger partial charge >= 0.3 is 11.9 Å². The lowest BCUT2D eigenvalue weighted by atomic mass is 9.95. The van der Waals surface area contributed by atoms with Crippen LogP contribution in [0, 0.1) is 7.14 Å². The van der Waals surface area contributed by atoms with Gasteiger partial charge in [-0.05, 0) is 97.2 Å². The van der Waals surface area contributed by atoms with Crippen LogP contribution < -0.4 is 24.4 Å². The van der Waals surface area contributed by atoms with Gasteiger partial charge in [0.2, 0.25) is 0 Å². The Labute approximate surface area is 256 Å². The highest BCUT2D eigenvalue weighted by Crippen LogP contribution is 2.36. The zero-order valence-electron chi connectivity index (χ0n) is 21.9. The average molecular weight is 772 g/mol. The third-order valence-electron chi connectivity index (χ3n) is 5.66. The Bertz CT molecular complexity index is 1670. The van der Waals surface area contributed by atoms with Crippen LogP contribution in [0.3, 0.4) is 0 Å². The molecule has 1 aromatic heterocycles. The molecular weight excluding hydrogens is 746 g/mol. The molecule has 0 amide bonds. The molecule has 39 heavy (non-hydrogen) atoms. The number of thiazole rings is 1. The van der Waals surface area contributed by atoms with Crippen LogP contribution in [0.15, 0.2) is 57.5 Å². The maximum atomic E-state index is 14.0. The molecular formula is C28H26I2N2O6S. The molecule has 0 saturated carbocycles. The van der Waals surface area contributed by atoms with Crippen molar-refractivity contribution < 1.29 is 23.8 Å². The van der Waals surface area contributed by atoms with Crippen LogP contribution in [0.2, 0.25) is 0 Å². The number of rotatable bonds is 7. The summed E-state index contributed by atoms with van der Waals surface area (Å²) in [5, 5.41) is 0. The summed E-state index contributed by atoms with van der Waals surface area (Å²) >= 11 is 5.48. The van der Waals surface area contributed by atoms with Crippen molar-refractivity contribution in [2.24, 2.45) is 4.99 Å². The number of halogens is 2. The van der Waals surface area contributed by atoms with Crippen molar-refractivity contribution in [1.82, 2.24) is 4.57 Å². The topological polar surface area (TPSA) is 96.2 Å². The van der Waals surface area contributed by atoms with Gasteiger partial charge in [0.15, 0.2) is 10.6 Å². The maximum Gasteiger partial charge on any atom is 0.338 e. The van der Waals surface area contributed by atoms with Gasteiger partial charge in [-0.1, -0.05) is 29.5 Å². The van der Waals surface area contributed by atoms with Gasteiger partial charge in [0.25, 0.3) is 5.56 Å². The zero-order valence-corrected chi connectivity index (χ0v) is 27.0. The molecule has 1 unspecified atom stereocenters. The smallest absolute Gasteiger partial charge is 0.338 e. The van der Waals surface area contributed by atoms with Crippen LogP contribution in [0.25, 0.3) is 6.08 Å². The monoisotopic (exact) mass is 772 g/mol. The summed E-state index contributed by atoms with van der Waals surface area (Å²) in [6, 6.07) is 10.3. The van der Waals surface area contributed by atoms with E-state index in [4.69, 9.17) is 14.2 Å². The van der Waals surface area contributed by atoms with Crippen LogP contribution in [0.1, 0.15) is 51.8 Å². The van der Waals surface area contributed by atoms with E-state index in [1.807, 2.05) is 50.2 Å². The fraction of sp³-hybridized carbons (Fsp3) is 0.286. The Hall–Kier alpha value is -2.52. The largest absolute Gasteiger partial charge is 0.491 e. The van der Waals surface area contributed by atoms with Crippen LogP contribution in [-0.4, -0.2) is 29.2 Å². The molecule has 204 valence electrons. The van der Waals surface area contributed by atoms with Crippen LogP contribution >= 0.6 is 56.5 Å². The molecule has 1 aliphatic rings. The molecule has 8 nitrogen and oxygen atoms in total. The lowest BCUT2D eigenvalue weighted by molar-refractivity contribution is -0.139. The van der Waals surface area contributed by atoms with E-state index in [-0.39, 0.29) is 23.8 Å². The molecule has 1 atom stereocenters. The third kappa shape index (κ3) is 6.30. The van der Waals surface area contributed by atoms with E-state index >= 15 is 0 Å². The number of carbonyl (C=O) groups is 2. The molecule has 2 aromatic carbocycles. The number of carbonyl (C=O) groups excluding carboxylic acids is 2. The quantitative estimate of drug-likeness (QED) is 0.196. The summed E-state index contributed by atoms with van der Waals surface area (Å²) in [7, 11) is 0. The van der Waals surface area contributed by atoms with Gasteiger partial charge in [-0.25, -0.2) is 9.79 Å². The van der Waals surface area contributed by atoms with E-state index in [1.54, 1.807) is 19.9 Å². The number of allylic oxidation sites excluding steroid dienone is 1. The molecule has 0 spiro atoms. The molecule has 0 saturated heterocycles.